The standard InChI is InChI=1S/C15H21N3O/c1-5-16-15(13-8-9-18(3)17-13)12-7-6-11(2)10-14(12)19-4/h6-10,15-16H,5H2,1-4H3. The maximum atomic E-state index is 5.51. The fourth-order valence-corrected chi connectivity index (χ4v) is 2.22. The normalized spacial score (nSPS) is 12.4. The van der Waals surface area contributed by atoms with E-state index in [0.717, 1.165) is 23.6 Å². The van der Waals surface area contributed by atoms with Gasteiger partial charge in [-0.05, 0) is 31.2 Å². The van der Waals surface area contributed by atoms with Gasteiger partial charge in [-0.25, -0.2) is 0 Å². The third-order valence-electron chi connectivity index (χ3n) is 3.14. The summed E-state index contributed by atoms with van der Waals surface area (Å²) in [4.78, 5) is 0. The summed E-state index contributed by atoms with van der Waals surface area (Å²) < 4.78 is 7.33. The molecule has 102 valence electrons. The molecule has 2 aromatic rings. The quantitative estimate of drug-likeness (QED) is 0.896. The molecule has 19 heavy (non-hydrogen) atoms. The van der Waals surface area contributed by atoms with Gasteiger partial charge in [-0.2, -0.15) is 5.10 Å². The molecule has 0 saturated heterocycles. The van der Waals surface area contributed by atoms with Crippen molar-refractivity contribution in [2.24, 2.45) is 7.05 Å². The summed E-state index contributed by atoms with van der Waals surface area (Å²) in [6.07, 6.45) is 1.96. The van der Waals surface area contributed by atoms with E-state index in [4.69, 9.17) is 4.74 Å². The van der Waals surface area contributed by atoms with Crippen molar-refractivity contribution in [2.45, 2.75) is 19.9 Å². The van der Waals surface area contributed by atoms with E-state index >= 15 is 0 Å². The van der Waals surface area contributed by atoms with Crippen LogP contribution in [0.25, 0.3) is 0 Å². The Balaban J connectivity index is 2.44. The van der Waals surface area contributed by atoms with Crippen molar-refractivity contribution in [3.05, 3.63) is 47.3 Å². The number of benzene rings is 1. The molecule has 1 heterocycles. The van der Waals surface area contributed by atoms with Gasteiger partial charge in [-0.15, -0.1) is 0 Å². The fraction of sp³-hybridized carbons (Fsp3) is 0.400. The van der Waals surface area contributed by atoms with E-state index in [1.807, 2.05) is 24.0 Å². The van der Waals surface area contributed by atoms with E-state index in [1.54, 1.807) is 7.11 Å². The van der Waals surface area contributed by atoms with Crippen LogP contribution in [0.4, 0.5) is 0 Å². The van der Waals surface area contributed by atoms with Gasteiger partial charge in [0.05, 0.1) is 18.8 Å². The number of hydrogen-bond donors (Lipinski definition) is 1. The van der Waals surface area contributed by atoms with Crippen LogP contribution in [0.1, 0.15) is 29.8 Å². The van der Waals surface area contributed by atoms with Gasteiger partial charge in [0.2, 0.25) is 0 Å². The number of rotatable bonds is 5. The predicted octanol–water partition coefficient (Wildman–Crippen LogP) is 2.44. The van der Waals surface area contributed by atoms with Gasteiger partial charge in [-0.1, -0.05) is 19.1 Å². The number of nitrogens with one attached hydrogen (secondary N) is 1. The van der Waals surface area contributed by atoms with Gasteiger partial charge in [0.15, 0.2) is 0 Å². The van der Waals surface area contributed by atoms with E-state index in [-0.39, 0.29) is 6.04 Å². The van der Waals surface area contributed by atoms with E-state index < -0.39 is 0 Å². The Labute approximate surface area is 114 Å². The van der Waals surface area contributed by atoms with Crippen LogP contribution in [-0.4, -0.2) is 23.4 Å². The Morgan fingerprint density at radius 3 is 2.74 bits per heavy atom. The summed E-state index contributed by atoms with van der Waals surface area (Å²) in [5.41, 5.74) is 3.32. The topological polar surface area (TPSA) is 39.1 Å². The minimum absolute atomic E-state index is 0.0572. The number of methoxy groups -OCH3 is 1. The van der Waals surface area contributed by atoms with Crippen molar-refractivity contribution in [1.82, 2.24) is 15.1 Å². The summed E-state index contributed by atoms with van der Waals surface area (Å²) in [7, 11) is 3.64. The second kappa shape index (κ2) is 5.89. The molecule has 1 aromatic carbocycles. The highest BCUT2D eigenvalue weighted by Crippen LogP contribution is 2.30. The first-order chi connectivity index (χ1) is 9.15. The van der Waals surface area contributed by atoms with E-state index in [1.165, 1.54) is 5.56 Å². The summed E-state index contributed by atoms with van der Waals surface area (Å²) in [5.74, 6) is 0.900. The molecule has 1 aromatic heterocycles. The first-order valence-corrected chi connectivity index (χ1v) is 6.53. The number of ether oxygens (including phenoxy) is 1. The maximum absolute atomic E-state index is 5.51. The summed E-state index contributed by atoms with van der Waals surface area (Å²) in [6, 6.07) is 8.36. The lowest BCUT2D eigenvalue weighted by Crippen LogP contribution is -2.23. The van der Waals surface area contributed by atoms with Crippen molar-refractivity contribution >= 4 is 0 Å². The Morgan fingerprint density at radius 1 is 1.37 bits per heavy atom. The summed E-state index contributed by atoms with van der Waals surface area (Å²) in [6.45, 7) is 5.03. The molecule has 4 heteroatoms. The molecule has 2 rings (SSSR count). The number of nitrogens with zero attached hydrogens (tertiary/aromatic N) is 2. The highest BCUT2D eigenvalue weighted by Gasteiger charge is 2.19. The number of aromatic nitrogens is 2. The molecule has 1 unspecified atom stereocenters. The number of hydrogen-bond acceptors (Lipinski definition) is 3. The molecule has 0 saturated carbocycles. The molecule has 0 spiro atoms. The lowest BCUT2D eigenvalue weighted by atomic mass is 10.0. The average molecular weight is 259 g/mol. The Kier molecular flexibility index (Phi) is 4.22. The van der Waals surface area contributed by atoms with Gasteiger partial charge in [0.1, 0.15) is 5.75 Å². The minimum atomic E-state index is 0.0572. The first-order valence-electron chi connectivity index (χ1n) is 6.53. The molecule has 0 aliphatic rings. The number of aryl methyl sites for hydroxylation is 2. The van der Waals surface area contributed by atoms with Crippen LogP contribution < -0.4 is 10.1 Å². The lowest BCUT2D eigenvalue weighted by molar-refractivity contribution is 0.403. The fourth-order valence-electron chi connectivity index (χ4n) is 2.22. The molecule has 1 N–H and O–H groups in total. The molecular weight excluding hydrogens is 238 g/mol. The van der Waals surface area contributed by atoms with Crippen molar-refractivity contribution in [1.29, 1.82) is 0 Å². The second-order valence-electron chi connectivity index (χ2n) is 4.65. The second-order valence-corrected chi connectivity index (χ2v) is 4.65. The Hall–Kier alpha value is -1.81. The summed E-state index contributed by atoms with van der Waals surface area (Å²) in [5, 5.41) is 7.97. The zero-order valence-corrected chi connectivity index (χ0v) is 12.0. The molecule has 0 radical (unpaired) electrons. The van der Waals surface area contributed by atoms with Crippen molar-refractivity contribution < 1.29 is 4.74 Å². The molecule has 4 nitrogen and oxygen atoms in total. The van der Waals surface area contributed by atoms with Crippen LogP contribution in [0.15, 0.2) is 30.5 Å². The Bertz CT molecular complexity index is 548. The van der Waals surface area contributed by atoms with Crippen LogP contribution in [0, 0.1) is 6.92 Å². The predicted molar refractivity (Wildman–Crippen MR) is 76.5 cm³/mol. The smallest absolute Gasteiger partial charge is 0.124 e. The van der Waals surface area contributed by atoms with Gasteiger partial charge in [-0.3, -0.25) is 4.68 Å². The first kappa shape index (κ1) is 13.6. The molecule has 0 bridgehead atoms. The molecule has 0 aliphatic carbocycles. The monoisotopic (exact) mass is 259 g/mol. The van der Waals surface area contributed by atoms with Gasteiger partial charge >= 0.3 is 0 Å². The SMILES string of the molecule is CCNC(c1ccn(C)n1)c1ccc(C)cc1OC. The molecule has 0 amide bonds. The zero-order valence-electron chi connectivity index (χ0n) is 12.0. The van der Waals surface area contributed by atoms with Crippen molar-refractivity contribution in [2.75, 3.05) is 13.7 Å². The minimum Gasteiger partial charge on any atom is -0.496 e. The largest absolute Gasteiger partial charge is 0.496 e. The van der Waals surface area contributed by atoms with Crippen LogP contribution in [0.5, 0.6) is 5.75 Å². The molecule has 0 fully saturated rings. The van der Waals surface area contributed by atoms with Crippen LogP contribution in [0.3, 0.4) is 0 Å². The van der Waals surface area contributed by atoms with Crippen LogP contribution in [0.2, 0.25) is 0 Å². The highest BCUT2D eigenvalue weighted by molar-refractivity contribution is 5.42. The van der Waals surface area contributed by atoms with Crippen molar-refractivity contribution in [3.63, 3.8) is 0 Å². The van der Waals surface area contributed by atoms with Gasteiger partial charge in [0, 0.05) is 18.8 Å². The molecular formula is C15H21N3O. The van der Waals surface area contributed by atoms with E-state index in [9.17, 15) is 0 Å². The third-order valence-corrected chi connectivity index (χ3v) is 3.14. The van der Waals surface area contributed by atoms with Gasteiger partial charge < -0.3 is 10.1 Å². The van der Waals surface area contributed by atoms with E-state index in [0.29, 0.717) is 0 Å². The molecule has 0 aliphatic heterocycles. The molecule has 1 atom stereocenters. The lowest BCUT2D eigenvalue weighted by Gasteiger charge is -2.19. The van der Waals surface area contributed by atoms with Crippen LogP contribution >= 0.6 is 0 Å². The van der Waals surface area contributed by atoms with Crippen molar-refractivity contribution in [3.8, 4) is 5.75 Å². The Morgan fingerprint density at radius 2 is 2.16 bits per heavy atom. The van der Waals surface area contributed by atoms with Gasteiger partial charge in [0.25, 0.3) is 0 Å². The zero-order chi connectivity index (χ0) is 13.8. The average Bonchev–Trinajstić information content (AvgIpc) is 2.82. The maximum Gasteiger partial charge on any atom is 0.124 e. The van der Waals surface area contributed by atoms with E-state index in [2.05, 4.69) is 42.5 Å². The van der Waals surface area contributed by atoms with Crippen LogP contribution in [-0.2, 0) is 7.05 Å². The summed E-state index contributed by atoms with van der Waals surface area (Å²) >= 11 is 0. The highest BCUT2D eigenvalue weighted by atomic mass is 16.5. The third kappa shape index (κ3) is 2.96.